The van der Waals surface area contributed by atoms with Gasteiger partial charge in [-0.25, -0.2) is 0 Å². The molecular formula is C11H14F3NO4. The second kappa shape index (κ2) is 5.54. The molecule has 1 rings (SSSR count). The van der Waals surface area contributed by atoms with Crippen LogP contribution < -0.4 is 15.2 Å². The number of hydrogen-bond acceptors (Lipinski definition) is 5. The van der Waals surface area contributed by atoms with Crippen LogP contribution in [-0.2, 0) is 0 Å². The van der Waals surface area contributed by atoms with Gasteiger partial charge in [-0.1, -0.05) is 0 Å². The maximum absolute atomic E-state index is 12.4. The van der Waals surface area contributed by atoms with Gasteiger partial charge in [0.15, 0.2) is 6.10 Å². The van der Waals surface area contributed by atoms with E-state index in [9.17, 15) is 18.3 Å². The third kappa shape index (κ3) is 3.21. The monoisotopic (exact) mass is 281 g/mol. The molecule has 0 aliphatic rings. The summed E-state index contributed by atoms with van der Waals surface area (Å²) in [6.45, 7) is 0. The number of aliphatic hydroxyl groups excluding tert-OH is 1. The molecule has 0 saturated heterocycles. The first-order chi connectivity index (χ1) is 8.72. The summed E-state index contributed by atoms with van der Waals surface area (Å²) >= 11 is 0. The quantitative estimate of drug-likeness (QED) is 0.775. The van der Waals surface area contributed by atoms with Crippen molar-refractivity contribution in [3.05, 3.63) is 17.7 Å². The van der Waals surface area contributed by atoms with Gasteiger partial charge in [-0.15, -0.1) is 0 Å². The van der Waals surface area contributed by atoms with Gasteiger partial charge in [-0.05, 0) is 0 Å². The number of aliphatic hydroxyl groups is 1. The number of aromatic hydroxyl groups is 1. The predicted octanol–water partition coefficient (Wildman–Crippen LogP) is 1.33. The van der Waals surface area contributed by atoms with Crippen molar-refractivity contribution >= 4 is 0 Å². The molecule has 0 radical (unpaired) electrons. The number of nitrogens with two attached hydrogens (primary N) is 1. The van der Waals surface area contributed by atoms with Crippen LogP contribution >= 0.6 is 0 Å². The van der Waals surface area contributed by atoms with E-state index >= 15 is 0 Å². The zero-order chi connectivity index (χ0) is 14.8. The zero-order valence-electron chi connectivity index (χ0n) is 10.2. The first-order valence-electron chi connectivity index (χ1n) is 5.17. The third-order valence-electron chi connectivity index (χ3n) is 2.56. The number of ether oxygens (including phenoxy) is 2. The first kappa shape index (κ1) is 15.4. The van der Waals surface area contributed by atoms with Crippen molar-refractivity contribution in [2.45, 2.75) is 18.3 Å². The van der Waals surface area contributed by atoms with E-state index in [1.54, 1.807) is 0 Å². The normalized spacial score (nSPS) is 14.9. The molecule has 0 aliphatic carbocycles. The highest BCUT2D eigenvalue weighted by Gasteiger charge is 2.44. The standard InChI is InChI=1S/C11H14F3NO4/c1-18-5-3-6(16)8(7(4-5)19-2)9(15)10(17)11(12,13)14/h3-4,9-10,16-17H,15H2,1-2H3/t9-,10-/m0/s1. The fraction of sp³-hybridized carbons (Fsp3) is 0.455. The number of phenols is 1. The molecule has 2 atom stereocenters. The Morgan fingerprint density at radius 1 is 1.21 bits per heavy atom. The molecule has 0 aliphatic heterocycles. The van der Waals surface area contributed by atoms with Crippen LogP contribution in [0.4, 0.5) is 13.2 Å². The van der Waals surface area contributed by atoms with Gasteiger partial charge in [0.1, 0.15) is 17.2 Å². The summed E-state index contributed by atoms with van der Waals surface area (Å²) in [6.07, 6.45) is -7.72. The molecule has 0 unspecified atom stereocenters. The number of hydrogen-bond donors (Lipinski definition) is 3. The SMILES string of the molecule is COc1cc(O)c([C@H](N)[C@H](O)C(F)(F)F)c(OC)c1. The predicted molar refractivity (Wildman–Crippen MR) is 60.2 cm³/mol. The largest absolute Gasteiger partial charge is 0.507 e. The third-order valence-corrected chi connectivity index (χ3v) is 2.56. The Hall–Kier alpha value is -1.67. The fourth-order valence-electron chi connectivity index (χ4n) is 1.57. The molecule has 1 aromatic carbocycles. The van der Waals surface area contributed by atoms with E-state index in [0.29, 0.717) is 0 Å². The van der Waals surface area contributed by atoms with Crippen molar-refractivity contribution in [3.63, 3.8) is 0 Å². The second-order valence-electron chi connectivity index (χ2n) is 3.77. The molecule has 0 saturated carbocycles. The lowest BCUT2D eigenvalue weighted by molar-refractivity contribution is -0.210. The van der Waals surface area contributed by atoms with Crippen LogP contribution in [0.5, 0.6) is 17.2 Å². The molecule has 0 amide bonds. The van der Waals surface area contributed by atoms with Crippen molar-refractivity contribution in [1.82, 2.24) is 0 Å². The van der Waals surface area contributed by atoms with Gasteiger partial charge in [-0.3, -0.25) is 0 Å². The lowest BCUT2D eigenvalue weighted by atomic mass is 9.99. The topological polar surface area (TPSA) is 84.9 Å². The van der Waals surface area contributed by atoms with Crippen LogP contribution in [0.2, 0.25) is 0 Å². The Morgan fingerprint density at radius 2 is 1.79 bits per heavy atom. The van der Waals surface area contributed by atoms with E-state index in [2.05, 4.69) is 0 Å². The number of benzene rings is 1. The Kier molecular flexibility index (Phi) is 4.48. The Bertz CT molecular complexity index is 450. The van der Waals surface area contributed by atoms with Crippen LogP contribution in [0.3, 0.4) is 0 Å². The molecule has 0 bridgehead atoms. The Labute approximate surface area is 107 Å². The van der Waals surface area contributed by atoms with E-state index in [4.69, 9.17) is 20.3 Å². The Balaban J connectivity index is 3.26. The van der Waals surface area contributed by atoms with Crippen LogP contribution in [-0.4, -0.2) is 36.7 Å². The molecule has 1 aromatic rings. The van der Waals surface area contributed by atoms with E-state index in [-0.39, 0.29) is 17.1 Å². The second-order valence-corrected chi connectivity index (χ2v) is 3.77. The average molecular weight is 281 g/mol. The van der Waals surface area contributed by atoms with Gasteiger partial charge in [0.2, 0.25) is 0 Å². The summed E-state index contributed by atoms with van der Waals surface area (Å²) in [5, 5.41) is 18.8. The summed E-state index contributed by atoms with van der Waals surface area (Å²) < 4.78 is 47.0. The first-order valence-corrected chi connectivity index (χ1v) is 5.17. The Morgan fingerprint density at radius 3 is 2.21 bits per heavy atom. The summed E-state index contributed by atoms with van der Waals surface area (Å²) in [5.41, 5.74) is 5.00. The summed E-state index contributed by atoms with van der Waals surface area (Å²) in [5.74, 6) is -0.466. The minimum atomic E-state index is -4.91. The van der Waals surface area contributed by atoms with Crippen LogP contribution in [0, 0.1) is 0 Å². The number of alkyl halides is 3. The molecule has 0 heterocycles. The smallest absolute Gasteiger partial charge is 0.416 e. The maximum Gasteiger partial charge on any atom is 0.416 e. The van der Waals surface area contributed by atoms with Crippen LogP contribution in [0.15, 0.2) is 12.1 Å². The van der Waals surface area contributed by atoms with Crippen LogP contribution in [0.1, 0.15) is 11.6 Å². The van der Waals surface area contributed by atoms with Gasteiger partial charge >= 0.3 is 6.18 Å². The minimum Gasteiger partial charge on any atom is -0.507 e. The molecule has 8 heteroatoms. The summed E-state index contributed by atoms with van der Waals surface area (Å²) in [7, 11) is 2.52. The van der Waals surface area contributed by atoms with Crippen LogP contribution in [0.25, 0.3) is 0 Å². The van der Waals surface area contributed by atoms with Gasteiger partial charge < -0.3 is 25.4 Å². The van der Waals surface area contributed by atoms with E-state index in [1.807, 2.05) is 0 Å². The number of methoxy groups -OCH3 is 2. The van der Waals surface area contributed by atoms with Gasteiger partial charge in [0.25, 0.3) is 0 Å². The molecule has 108 valence electrons. The minimum absolute atomic E-state index is 0.104. The highest BCUT2D eigenvalue weighted by molar-refractivity contribution is 5.52. The summed E-state index contributed by atoms with van der Waals surface area (Å²) in [4.78, 5) is 0. The maximum atomic E-state index is 12.4. The average Bonchev–Trinajstić information content (AvgIpc) is 2.34. The lowest BCUT2D eigenvalue weighted by Gasteiger charge is -2.24. The zero-order valence-corrected chi connectivity index (χ0v) is 10.2. The molecule has 5 nitrogen and oxygen atoms in total. The van der Waals surface area contributed by atoms with E-state index in [0.717, 1.165) is 6.07 Å². The highest BCUT2D eigenvalue weighted by atomic mass is 19.4. The fourth-order valence-corrected chi connectivity index (χ4v) is 1.57. The molecule has 19 heavy (non-hydrogen) atoms. The highest BCUT2D eigenvalue weighted by Crippen LogP contribution is 2.40. The number of phenolic OH excluding ortho intramolecular Hbond substituents is 1. The molecule has 0 spiro atoms. The van der Waals surface area contributed by atoms with Crippen molar-refractivity contribution in [1.29, 1.82) is 0 Å². The molecule has 0 aromatic heterocycles. The van der Waals surface area contributed by atoms with Crippen molar-refractivity contribution in [2.24, 2.45) is 5.73 Å². The van der Waals surface area contributed by atoms with Crippen molar-refractivity contribution in [3.8, 4) is 17.2 Å². The van der Waals surface area contributed by atoms with Gasteiger partial charge in [0, 0.05) is 12.1 Å². The molecule has 0 fully saturated rings. The van der Waals surface area contributed by atoms with Crippen molar-refractivity contribution in [2.75, 3.05) is 14.2 Å². The molecular weight excluding hydrogens is 267 g/mol. The van der Waals surface area contributed by atoms with Crippen molar-refractivity contribution < 1.29 is 32.9 Å². The summed E-state index contributed by atoms with van der Waals surface area (Å²) in [6, 6.07) is 0.472. The van der Waals surface area contributed by atoms with Gasteiger partial charge in [-0.2, -0.15) is 13.2 Å². The van der Waals surface area contributed by atoms with E-state index < -0.39 is 24.1 Å². The molecule has 4 N–H and O–H groups in total. The van der Waals surface area contributed by atoms with Gasteiger partial charge in [0.05, 0.1) is 25.8 Å². The number of halogens is 3. The van der Waals surface area contributed by atoms with E-state index in [1.165, 1.54) is 20.3 Å². The number of rotatable bonds is 4. The lowest BCUT2D eigenvalue weighted by Crippen LogP contribution is -2.39.